The summed E-state index contributed by atoms with van der Waals surface area (Å²) < 4.78 is 6.36. The van der Waals surface area contributed by atoms with Gasteiger partial charge in [0.2, 0.25) is 0 Å². The third-order valence-electron chi connectivity index (χ3n) is 7.70. The van der Waals surface area contributed by atoms with Crippen molar-refractivity contribution >= 4 is 43.6 Å². The van der Waals surface area contributed by atoms with Gasteiger partial charge in [-0.05, 0) is 35.4 Å². The predicted octanol–water partition coefficient (Wildman–Crippen LogP) is 10.6. The molecule has 3 nitrogen and oxygen atoms in total. The van der Waals surface area contributed by atoms with Crippen LogP contribution in [0.2, 0.25) is 0 Å². The molecule has 3 heterocycles. The van der Waals surface area contributed by atoms with Crippen molar-refractivity contribution in [2.45, 2.75) is 26.2 Å². The first kappa shape index (κ1) is 29.4. The maximum absolute atomic E-state index is 6.36. The summed E-state index contributed by atoms with van der Waals surface area (Å²) >= 11 is 0. The Morgan fingerprint density at radius 2 is 1.39 bits per heavy atom. The van der Waals surface area contributed by atoms with Gasteiger partial charge in [-0.2, -0.15) is 0 Å². The maximum Gasteiger partial charge on any atom is 0.139 e. The Morgan fingerprint density at radius 3 is 2.14 bits per heavy atom. The van der Waals surface area contributed by atoms with Crippen molar-refractivity contribution < 1.29 is 24.5 Å². The third kappa shape index (κ3) is 5.55. The molecule has 0 atom stereocenters. The number of benzene rings is 5. The molecule has 44 heavy (non-hydrogen) atoms. The van der Waals surface area contributed by atoms with E-state index in [0.29, 0.717) is 0 Å². The van der Waals surface area contributed by atoms with Gasteiger partial charge in [0.05, 0.1) is 5.52 Å². The summed E-state index contributed by atoms with van der Waals surface area (Å²) in [6, 6.07) is 47.7. The number of nitrogens with zero attached hydrogens (tertiary/aromatic N) is 2. The fraction of sp³-hybridized carbons (Fsp3) is 0.100. The van der Waals surface area contributed by atoms with Crippen LogP contribution in [0.3, 0.4) is 0 Å². The van der Waals surface area contributed by atoms with Gasteiger partial charge in [0, 0.05) is 48.2 Å². The molecule has 0 bridgehead atoms. The van der Waals surface area contributed by atoms with Gasteiger partial charge in [0.15, 0.2) is 0 Å². The number of furan rings is 1. The molecule has 8 aromatic rings. The van der Waals surface area contributed by atoms with Gasteiger partial charge < -0.3 is 9.40 Å². The smallest absolute Gasteiger partial charge is 0.139 e. The molecular formula is C40H30IrN2O-2. The first-order valence-corrected chi connectivity index (χ1v) is 14.5. The summed E-state index contributed by atoms with van der Waals surface area (Å²) in [5.74, 6) is 0. The Hall–Kier alpha value is -4.63. The van der Waals surface area contributed by atoms with Crippen molar-refractivity contribution in [1.29, 1.82) is 0 Å². The fourth-order valence-corrected chi connectivity index (χ4v) is 5.66. The Balaban J connectivity index is 0.000000222. The van der Waals surface area contributed by atoms with E-state index in [9.17, 15) is 0 Å². The minimum atomic E-state index is -0.00210. The number of aromatic nitrogens is 2. The molecule has 5 aromatic carbocycles. The van der Waals surface area contributed by atoms with Crippen molar-refractivity contribution in [1.82, 2.24) is 9.97 Å². The molecule has 0 N–H and O–H groups in total. The monoisotopic (exact) mass is 747 g/mol. The van der Waals surface area contributed by atoms with E-state index in [-0.39, 0.29) is 25.5 Å². The molecule has 0 aliphatic rings. The number of hydrogen-bond donors (Lipinski definition) is 0. The number of rotatable bonds is 2. The van der Waals surface area contributed by atoms with E-state index in [0.717, 1.165) is 60.7 Å². The van der Waals surface area contributed by atoms with E-state index in [1.165, 1.54) is 10.9 Å². The zero-order valence-corrected chi connectivity index (χ0v) is 27.2. The van der Waals surface area contributed by atoms with Gasteiger partial charge in [-0.25, -0.2) is 0 Å². The first-order valence-electron chi connectivity index (χ1n) is 14.5. The number of para-hydroxylation sites is 2. The van der Waals surface area contributed by atoms with Crippen molar-refractivity contribution in [2.75, 3.05) is 0 Å². The second-order valence-electron chi connectivity index (χ2n) is 11.7. The summed E-state index contributed by atoms with van der Waals surface area (Å²) in [5, 5.41) is 5.54. The maximum atomic E-state index is 6.36. The molecular weight excluding hydrogens is 717 g/mol. The van der Waals surface area contributed by atoms with E-state index >= 15 is 0 Å². The van der Waals surface area contributed by atoms with E-state index in [1.807, 2.05) is 66.7 Å². The SMILES string of the molecule is CC(C)(C)c1cc(-c2nc3ccccc3c3oc4ccccc4c23)[c-]c2ccccc12.[Ir].[c-]1ccccc1-c1ccccn1. The standard InChI is InChI=1S/C29H22NO.C11H8N.Ir/c1-29(2,3)23-17-19(16-18-10-4-5-11-20(18)23)27-26-22-13-7-9-15-25(22)31-28(26)21-12-6-8-14-24(21)30-27;1-2-6-10(7-3-1)11-8-4-5-9-12-11;/h4-15,17H,1-3H3;1-6,8-9H;/q2*-1;. The van der Waals surface area contributed by atoms with Crippen LogP contribution in [-0.2, 0) is 25.5 Å². The Labute approximate surface area is 271 Å². The van der Waals surface area contributed by atoms with Gasteiger partial charge in [-0.3, -0.25) is 4.98 Å². The van der Waals surface area contributed by atoms with Gasteiger partial charge >= 0.3 is 0 Å². The fourth-order valence-electron chi connectivity index (χ4n) is 5.66. The van der Waals surface area contributed by atoms with Gasteiger partial charge in [-0.15, -0.1) is 65.0 Å². The van der Waals surface area contributed by atoms with Crippen LogP contribution in [0.5, 0.6) is 0 Å². The second kappa shape index (κ2) is 12.2. The van der Waals surface area contributed by atoms with Crippen LogP contribution in [0.15, 0.2) is 132 Å². The molecule has 0 aliphatic heterocycles. The number of hydrogen-bond acceptors (Lipinski definition) is 3. The normalized spacial score (nSPS) is 11.3. The summed E-state index contributed by atoms with van der Waals surface area (Å²) in [5.41, 5.74) is 7.94. The molecule has 4 heteroatoms. The molecule has 0 spiro atoms. The minimum Gasteiger partial charge on any atom is -0.456 e. The summed E-state index contributed by atoms with van der Waals surface area (Å²) in [4.78, 5) is 9.35. The average Bonchev–Trinajstić information content (AvgIpc) is 3.45. The zero-order chi connectivity index (χ0) is 29.4. The van der Waals surface area contributed by atoms with Crippen LogP contribution >= 0.6 is 0 Å². The zero-order valence-electron chi connectivity index (χ0n) is 24.8. The van der Waals surface area contributed by atoms with Crippen LogP contribution < -0.4 is 0 Å². The van der Waals surface area contributed by atoms with Crippen molar-refractivity contribution in [3.05, 3.63) is 145 Å². The molecule has 0 saturated heterocycles. The first-order chi connectivity index (χ1) is 21.0. The molecule has 0 aliphatic carbocycles. The molecule has 0 fully saturated rings. The van der Waals surface area contributed by atoms with Crippen molar-refractivity contribution in [3.63, 3.8) is 0 Å². The molecule has 217 valence electrons. The third-order valence-corrected chi connectivity index (χ3v) is 7.70. The van der Waals surface area contributed by atoms with E-state index in [2.05, 4.69) is 92.5 Å². The van der Waals surface area contributed by atoms with Gasteiger partial charge in [-0.1, -0.05) is 92.4 Å². The predicted molar refractivity (Wildman–Crippen MR) is 178 cm³/mol. The van der Waals surface area contributed by atoms with Crippen LogP contribution in [0.4, 0.5) is 0 Å². The molecule has 1 radical (unpaired) electrons. The molecule has 0 amide bonds. The Bertz CT molecular complexity index is 2180. The summed E-state index contributed by atoms with van der Waals surface area (Å²) in [7, 11) is 0. The summed E-state index contributed by atoms with van der Waals surface area (Å²) in [6.07, 6.45) is 1.79. The van der Waals surface area contributed by atoms with Gasteiger partial charge in [0.1, 0.15) is 11.2 Å². The van der Waals surface area contributed by atoms with Crippen molar-refractivity contribution in [2.24, 2.45) is 0 Å². The summed E-state index contributed by atoms with van der Waals surface area (Å²) in [6.45, 7) is 6.78. The molecule has 0 saturated carbocycles. The van der Waals surface area contributed by atoms with Crippen LogP contribution in [0, 0.1) is 12.1 Å². The molecule has 3 aromatic heterocycles. The van der Waals surface area contributed by atoms with Crippen LogP contribution in [0.1, 0.15) is 26.3 Å². The minimum absolute atomic E-state index is 0. The van der Waals surface area contributed by atoms with E-state index in [4.69, 9.17) is 9.40 Å². The average molecular weight is 747 g/mol. The second-order valence-corrected chi connectivity index (χ2v) is 11.7. The van der Waals surface area contributed by atoms with E-state index in [1.54, 1.807) is 6.20 Å². The Kier molecular flexibility index (Phi) is 8.14. The largest absolute Gasteiger partial charge is 0.456 e. The topological polar surface area (TPSA) is 38.9 Å². The molecule has 8 rings (SSSR count). The number of fused-ring (bicyclic) bond motifs is 6. The molecule has 0 unspecified atom stereocenters. The van der Waals surface area contributed by atoms with E-state index < -0.39 is 0 Å². The van der Waals surface area contributed by atoms with Crippen LogP contribution in [0.25, 0.3) is 66.1 Å². The van der Waals surface area contributed by atoms with Gasteiger partial charge in [0.25, 0.3) is 0 Å². The van der Waals surface area contributed by atoms with Crippen molar-refractivity contribution in [3.8, 4) is 22.5 Å². The van der Waals surface area contributed by atoms with Crippen LogP contribution in [-0.4, -0.2) is 9.97 Å². The Morgan fingerprint density at radius 1 is 0.682 bits per heavy atom. The number of pyridine rings is 2. The quantitative estimate of drug-likeness (QED) is 0.165.